The number of piperidine rings is 1. The van der Waals surface area contributed by atoms with Gasteiger partial charge in [0.2, 0.25) is 15.9 Å². The minimum atomic E-state index is -3.43. The second kappa shape index (κ2) is 7.70. The third kappa shape index (κ3) is 3.95. The van der Waals surface area contributed by atoms with Crippen molar-refractivity contribution in [2.75, 3.05) is 44.2 Å². The highest BCUT2D eigenvalue weighted by molar-refractivity contribution is 7.89. The van der Waals surface area contributed by atoms with Gasteiger partial charge in [-0.3, -0.25) is 4.79 Å². The third-order valence-electron chi connectivity index (χ3n) is 4.93. The molecule has 0 aromatic carbocycles. The summed E-state index contributed by atoms with van der Waals surface area (Å²) < 4.78 is 26.9. The Kier molecular flexibility index (Phi) is 5.58. The van der Waals surface area contributed by atoms with Crippen molar-refractivity contribution in [2.24, 2.45) is 0 Å². The molecule has 2 aliphatic heterocycles. The van der Waals surface area contributed by atoms with E-state index in [1.165, 1.54) is 6.20 Å². The molecule has 2 saturated heterocycles. The molecular formula is C17H26N4O3S. The van der Waals surface area contributed by atoms with E-state index in [-0.39, 0.29) is 10.8 Å². The number of hydrogen-bond acceptors (Lipinski definition) is 5. The third-order valence-corrected chi connectivity index (χ3v) is 6.81. The summed E-state index contributed by atoms with van der Waals surface area (Å²) in [5, 5.41) is 0. The zero-order chi connectivity index (χ0) is 17.9. The van der Waals surface area contributed by atoms with Crippen LogP contribution in [0.4, 0.5) is 5.82 Å². The van der Waals surface area contributed by atoms with Gasteiger partial charge in [0, 0.05) is 51.9 Å². The summed E-state index contributed by atoms with van der Waals surface area (Å²) in [6.07, 6.45) is 4.93. The highest BCUT2D eigenvalue weighted by atomic mass is 32.2. The summed E-state index contributed by atoms with van der Waals surface area (Å²) >= 11 is 0. The van der Waals surface area contributed by atoms with Crippen LogP contribution in [-0.2, 0) is 14.8 Å². The number of carbonyl (C=O) groups is 1. The van der Waals surface area contributed by atoms with Crippen molar-refractivity contribution in [3.05, 3.63) is 18.3 Å². The first kappa shape index (κ1) is 18.1. The van der Waals surface area contributed by atoms with Crippen LogP contribution in [0, 0.1) is 0 Å². The van der Waals surface area contributed by atoms with Gasteiger partial charge in [-0.15, -0.1) is 0 Å². The Morgan fingerprint density at radius 3 is 2.28 bits per heavy atom. The maximum absolute atomic E-state index is 12.7. The number of amides is 1. The summed E-state index contributed by atoms with van der Waals surface area (Å²) in [6.45, 7) is 5.87. The molecule has 2 fully saturated rings. The average Bonchev–Trinajstić information content (AvgIpc) is 2.68. The van der Waals surface area contributed by atoms with Crippen molar-refractivity contribution >= 4 is 21.7 Å². The molecule has 0 bridgehead atoms. The van der Waals surface area contributed by atoms with Gasteiger partial charge < -0.3 is 9.80 Å². The van der Waals surface area contributed by atoms with Gasteiger partial charge >= 0.3 is 0 Å². The Labute approximate surface area is 149 Å². The van der Waals surface area contributed by atoms with Crippen molar-refractivity contribution < 1.29 is 13.2 Å². The van der Waals surface area contributed by atoms with E-state index in [1.54, 1.807) is 16.4 Å². The predicted octanol–water partition coefficient (Wildman–Crippen LogP) is 1.31. The lowest BCUT2D eigenvalue weighted by Crippen LogP contribution is -2.48. The summed E-state index contributed by atoms with van der Waals surface area (Å²) in [6, 6.07) is 3.42. The molecule has 0 aliphatic carbocycles. The number of sulfonamides is 1. The monoisotopic (exact) mass is 366 g/mol. The molecule has 138 valence electrons. The van der Waals surface area contributed by atoms with Gasteiger partial charge in [-0.1, -0.05) is 13.3 Å². The maximum atomic E-state index is 12.7. The van der Waals surface area contributed by atoms with Crippen molar-refractivity contribution in [1.29, 1.82) is 0 Å². The number of carbonyl (C=O) groups excluding carboxylic acids is 1. The Bertz CT molecular complexity index is 691. The van der Waals surface area contributed by atoms with E-state index in [2.05, 4.69) is 9.88 Å². The predicted molar refractivity (Wildman–Crippen MR) is 95.9 cm³/mol. The number of aromatic nitrogens is 1. The molecule has 1 amide bonds. The van der Waals surface area contributed by atoms with Gasteiger partial charge in [0.05, 0.1) is 0 Å². The van der Waals surface area contributed by atoms with Crippen LogP contribution in [0.15, 0.2) is 23.2 Å². The van der Waals surface area contributed by atoms with Crippen LogP contribution in [0.1, 0.15) is 32.6 Å². The van der Waals surface area contributed by atoms with Crippen LogP contribution in [0.2, 0.25) is 0 Å². The van der Waals surface area contributed by atoms with Crippen LogP contribution >= 0.6 is 0 Å². The van der Waals surface area contributed by atoms with Gasteiger partial charge in [0.25, 0.3) is 0 Å². The number of piperazine rings is 1. The second-order valence-corrected chi connectivity index (χ2v) is 8.48. The van der Waals surface area contributed by atoms with Crippen molar-refractivity contribution in [3.8, 4) is 0 Å². The summed E-state index contributed by atoms with van der Waals surface area (Å²) in [7, 11) is -3.43. The van der Waals surface area contributed by atoms with Crippen molar-refractivity contribution in [1.82, 2.24) is 14.2 Å². The zero-order valence-corrected chi connectivity index (χ0v) is 15.5. The van der Waals surface area contributed by atoms with Crippen molar-refractivity contribution in [2.45, 2.75) is 37.5 Å². The Morgan fingerprint density at radius 2 is 1.72 bits per heavy atom. The van der Waals surface area contributed by atoms with Crippen LogP contribution < -0.4 is 4.90 Å². The fourth-order valence-electron chi connectivity index (χ4n) is 3.38. The van der Waals surface area contributed by atoms with Crippen molar-refractivity contribution in [3.63, 3.8) is 0 Å². The Balaban J connectivity index is 1.65. The van der Waals surface area contributed by atoms with E-state index in [0.717, 1.165) is 38.2 Å². The molecule has 0 radical (unpaired) electrons. The maximum Gasteiger partial charge on any atom is 0.244 e. The van der Waals surface area contributed by atoms with Crippen LogP contribution in [0.5, 0.6) is 0 Å². The molecule has 1 aromatic rings. The highest BCUT2D eigenvalue weighted by Gasteiger charge is 2.27. The first-order valence-corrected chi connectivity index (χ1v) is 10.5. The summed E-state index contributed by atoms with van der Waals surface area (Å²) in [4.78, 5) is 20.3. The number of anilines is 1. The molecule has 25 heavy (non-hydrogen) atoms. The fourth-order valence-corrected chi connectivity index (χ4v) is 4.84. The standard InChI is InChI=1S/C17H26N4O3S/c1-2-17(22)20-12-10-19(11-13-20)16-7-6-15(14-18-16)25(23,24)21-8-4-3-5-9-21/h6-7,14H,2-5,8-13H2,1H3. The molecule has 8 heteroatoms. The van der Waals surface area contributed by atoms with E-state index < -0.39 is 10.0 Å². The molecule has 3 rings (SSSR count). The lowest BCUT2D eigenvalue weighted by molar-refractivity contribution is -0.131. The lowest BCUT2D eigenvalue weighted by Gasteiger charge is -2.35. The molecule has 2 aliphatic rings. The molecule has 0 saturated carbocycles. The largest absolute Gasteiger partial charge is 0.353 e. The van der Waals surface area contributed by atoms with Gasteiger partial charge in [0.15, 0.2) is 0 Å². The molecule has 0 spiro atoms. The zero-order valence-electron chi connectivity index (χ0n) is 14.7. The van der Waals surface area contributed by atoms with Gasteiger partial charge in [-0.2, -0.15) is 4.31 Å². The number of pyridine rings is 1. The molecule has 0 atom stereocenters. The fraction of sp³-hybridized carbons (Fsp3) is 0.647. The van der Waals surface area contributed by atoms with Crippen LogP contribution in [0.25, 0.3) is 0 Å². The van der Waals surface area contributed by atoms with Gasteiger partial charge in [-0.25, -0.2) is 13.4 Å². The first-order chi connectivity index (χ1) is 12.0. The molecule has 0 unspecified atom stereocenters. The number of hydrogen-bond donors (Lipinski definition) is 0. The van der Waals surface area contributed by atoms with Crippen LogP contribution in [0.3, 0.4) is 0 Å². The van der Waals surface area contributed by atoms with Gasteiger partial charge in [-0.05, 0) is 25.0 Å². The van der Waals surface area contributed by atoms with E-state index in [4.69, 9.17) is 0 Å². The minimum Gasteiger partial charge on any atom is -0.353 e. The first-order valence-electron chi connectivity index (χ1n) is 9.01. The number of rotatable bonds is 4. The highest BCUT2D eigenvalue weighted by Crippen LogP contribution is 2.22. The number of nitrogens with zero attached hydrogens (tertiary/aromatic N) is 4. The summed E-state index contributed by atoms with van der Waals surface area (Å²) in [5.74, 6) is 0.941. The Hall–Kier alpha value is -1.67. The molecule has 0 N–H and O–H groups in total. The average molecular weight is 366 g/mol. The van der Waals surface area contributed by atoms with Crippen LogP contribution in [-0.4, -0.2) is 67.8 Å². The molecule has 1 aromatic heterocycles. The lowest BCUT2D eigenvalue weighted by atomic mass is 10.2. The smallest absolute Gasteiger partial charge is 0.244 e. The quantitative estimate of drug-likeness (QED) is 0.803. The molecule has 3 heterocycles. The Morgan fingerprint density at radius 1 is 1.04 bits per heavy atom. The molecular weight excluding hydrogens is 340 g/mol. The van der Waals surface area contributed by atoms with E-state index in [0.29, 0.717) is 32.6 Å². The van der Waals surface area contributed by atoms with E-state index >= 15 is 0 Å². The normalized spacial score (nSPS) is 19.9. The SMILES string of the molecule is CCC(=O)N1CCN(c2ccc(S(=O)(=O)N3CCCCC3)cn2)CC1. The van der Waals surface area contributed by atoms with E-state index in [9.17, 15) is 13.2 Å². The summed E-state index contributed by atoms with van der Waals surface area (Å²) in [5.41, 5.74) is 0. The van der Waals surface area contributed by atoms with Gasteiger partial charge in [0.1, 0.15) is 10.7 Å². The molecule has 7 nitrogen and oxygen atoms in total. The second-order valence-electron chi connectivity index (χ2n) is 6.54. The van der Waals surface area contributed by atoms with E-state index in [1.807, 2.05) is 11.8 Å². The minimum absolute atomic E-state index is 0.176. The topological polar surface area (TPSA) is 73.8 Å².